The zero-order chi connectivity index (χ0) is 18.2. The van der Waals surface area contributed by atoms with E-state index in [0.29, 0.717) is 29.0 Å². The minimum absolute atomic E-state index is 0.142. The first-order chi connectivity index (χ1) is 11.7. The van der Waals surface area contributed by atoms with Crippen molar-refractivity contribution in [1.82, 2.24) is 9.88 Å². The van der Waals surface area contributed by atoms with Crippen LogP contribution in [0, 0.1) is 0 Å². The van der Waals surface area contributed by atoms with Gasteiger partial charge in [0, 0.05) is 28.0 Å². The lowest BCUT2D eigenvalue weighted by atomic mass is 10.1. The number of halogens is 4. The molecule has 1 saturated heterocycles. The molecular formula is C16H17ClF3N3OS. The molecule has 2 N–H and O–H groups in total. The van der Waals surface area contributed by atoms with Crippen molar-refractivity contribution in [3.8, 4) is 17.0 Å². The molecule has 1 aromatic heterocycles. The Labute approximate surface area is 152 Å². The van der Waals surface area contributed by atoms with Crippen LogP contribution >= 0.6 is 22.9 Å². The number of nitrogen functional groups attached to an aromatic ring is 1. The standard InChI is InChI=1S/C16H17ClF3N3OS/c1-9-3-2-4-23(9)8-13-14(22-15(21)25-13)10-5-11(17)7-12(6-10)24-16(18,19)20/h5-7,9H,2-4,8H2,1H3,(H2,21,22)/t9-/m1/s1. The Hall–Kier alpha value is -1.51. The van der Waals surface area contributed by atoms with E-state index < -0.39 is 6.36 Å². The Bertz CT molecular complexity index is 766. The molecule has 25 heavy (non-hydrogen) atoms. The summed E-state index contributed by atoms with van der Waals surface area (Å²) in [6.07, 6.45) is -2.52. The maximum atomic E-state index is 12.5. The Balaban J connectivity index is 1.93. The molecule has 1 atom stereocenters. The van der Waals surface area contributed by atoms with Gasteiger partial charge in [0.2, 0.25) is 0 Å². The zero-order valence-electron chi connectivity index (χ0n) is 13.4. The lowest BCUT2D eigenvalue weighted by Crippen LogP contribution is -2.25. The van der Waals surface area contributed by atoms with Crippen LogP contribution in [0.3, 0.4) is 0 Å². The van der Waals surface area contributed by atoms with E-state index in [0.717, 1.165) is 30.3 Å². The van der Waals surface area contributed by atoms with Crippen LogP contribution in [0.2, 0.25) is 5.02 Å². The lowest BCUT2D eigenvalue weighted by molar-refractivity contribution is -0.274. The summed E-state index contributed by atoms with van der Waals surface area (Å²) >= 11 is 7.31. The van der Waals surface area contributed by atoms with Crippen molar-refractivity contribution in [2.24, 2.45) is 0 Å². The van der Waals surface area contributed by atoms with E-state index in [-0.39, 0.29) is 10.8 Å². The van der Waals surface area contributed by atoms with Gasteiger partial charge in [-0.3, -0.25) is 4.90 Å². The quantitative estimate of drug-likeness (QED) is 0.803. The highest BCUT2D eigenvalue weighted by Crippen LogP contribution is 2.36. The van der Waals surface area contributed by atoms with Crippen LogP contribution in [0.15, 0.2) is 18.2 Å². The number of ether oxygens (including phenoxy) is 1. The smallest absolute Gasteiger partial charge is 0.406 e. The Morgan fingerprint density at radius 3 is 2.80 bits per heavy atom. The highest BCUT2D eigenvalue weighted by atomic mass is 35.5. The van der Waals surface area contributed by atoms with Crippen LogP contribution < -0.4 is 10.5 Å². The molecule has 1 aliphatic rings. The summed E-state index contributed by atoms with van der Waals surface area (Å²) in [6, 6.07) is 4.43. The average molecular weight is 392 g/mol. The maximum absolute atomic E-state index is 12.5. The number of hydrogen-bond donors (Lipinski definition) is 1. The summed E-state index contributed by atoms with van der Waals surface area (Å²) in [6.45, 7) is 3.80. The second kappa shape index (κ2) is 7.01. The SMILES string of the molecule is C[C@@H]1CCCN1Cc1sc(N)nc1-c1cc(Cl)cc(OC(F)(F)F)c1. The number of rotatable bonds is 4. The summed E-state index contributed by atoms with van der Waals surface area (Å²) in [5, 5.41) is 0.513. The molecule has 0 bridgehead atoms. The molecule has 4 nitrogen and oxygen atoms in total. The molecule has 0 spiro atoms. The fourth-order valence-corrected chi connectivity index (χ4v) is 4.11. The van der Waals surface area contributed by atoms with Gasteiger partial charge in [-0.15, -0.1) is 24.5 Å². The van der Waals surface area contributed by atoms with Crippen LogP contribution in [-0.4, -0.2) is 28.8 Å². The fraction of sp³-hybridized carbons (Fsp3) is 0.438. The van der Waals surface area contributed by atoms with Crippen LogP contribution in [0.4, 0.5) is 18.3 Å². The molecule has 9 heteroatoms. The fourth-order valence-electron chi connectivity index (χ4n) is 3.01. The molecule has 0 unspecified atom stereocenters. The third kappa shape index (κ3) is 4.56. The van der Waals surface area contributed by atoms with E-state index in [9.17, 15) is 13.2 Å². The van der Waals surface area contributed by atoms with Crippen molar-refractivity contribution < 1.29 is 17.9 Å². The van der Waals surface area contributed by atoms with Crippen LogP contribution in [-0.2, 0) is 6.54 Å². The monoisotopic (exact) mass is 391 g/mol. The number of nitrogens with zero attached hydrogens (tertiary/aromatic N) is 2. The summed E-state index contributed by atoms with van der Waals surface area (Å²) in [5.41, 5.74) is 6.86. The van der Waals surface area contributed by atoms with Crippen LogP contribution in [0.25, 0.3) is 11.3 Å². The Morgan fingerprint density at radius 1 is 1.40 bits per heavy atom. The van der Waals surface area contributed by atoms with Gasteiger partial charge in [-0.05, 0) is 44.5 Å². The first-order valence-corrected chi connectivity index (χ1v) is 8.96. The molecule has 0 saturated carbocycles. The molecule has 0 aliphatic carbocycles. The van der Waals surface area contributed by atoms with E-state index in [1.165, 1.54) is 17.4 Å². The van der Waals surface area contributed by atoms with Crippen molar-refractivity contribution in [1.29, 1.82) is 0 Å². The van der Waals surface area contributed by atoms with Gasteiger partial charge < -0.3 is 10.5 Å². The van der Waals surface area contributed by atoms with Crippen LogP contribution in [0.1, 0.15) is 24.6 Å². The van der Waals surface area contributed by atoms with Gasteiger partial charge in [0.15, 0.2) is 5.13 Å². The average Bonchev–Trinajstić information content (AvgIpc) is 3.03. The normalized spacial score (nSPS) is 18.7. The minimum Gasteiger partial charge on any atom is -0.406 e. The van der Waals surface area contributed by atoms with E-state index in [4.69, 9.17) is 17.3 Å². The van der Waals surface area contributed by atoms with E-state index in [1.807, 2.05) is 0 Å². The van der Waals surface area contributed by atoms with Gasteiger partial charge in [0.1, 0.15) is 5.75 Å². The number of benzene rings is 1. The topological polar surface area (TPSA) is 51.4 Å². The zero-order valence-corrected chi connectivity index (χ0v) is 15.0. The Morgan fingerprint density at radius 2 is 2.16 bits per heavy atom. The summed E-state index contributed by atoms with van der Waals surface area (Å²) < 4.78 is 41.5. The van der Waals surface area contributed by atoms with E-state index in [2.05, 4.69) is 21.5 Å². The van der Waals surface area contributed by atoms with Crippen molar-refractivity contribution in [2.75, 3.05) is 12.3 Å². The van der Waals surface area contributed by atoms with Gasteiger partial charge in [-0.1, -0.05) is 11.6 Å². The third-order valence-electron chi connectivity index (χ3n) is 4.13. The molecule has 1 fully saturated rings. The molecule has 0 radical (unpaired) electrons. The summed E-state index contributed by atoms with van der Waals surface area (Å²) in [7, 11) is 0. The molecule has 2 heterocycles. The van der Waals surface area contributed by atoms with E-state index >= 15 is 0 Å². The predicted octanol–water partition coefficient (Wildman–Crippen LogP) is 4.93. The van der Waals surface area contributed by atoms with Gasteiger partial charge in [-0.2, -0.15) is 0 Å². The predicted molar refractivity (Wildman–Crippen MR) is 92.8 cm³/mol. The number of thiazole rings is 1. The van der Waals surface area contributed by atoms with Crippen molar-refractivity contribution in [2.45, 2.75) is 38.7 Å². The minimum atomic E-state index is -4.78. The molecule has 2 aromatic rings. The van der Waals surface area contributed by atoms with Gasteiger partial charge in [0.05, 0.1) is 5.69 Å². The number of likely N-dealkylation sites (tertiary alicyclic amines) is 1. The molecule has 1 aliphatic heterocycles. The van der Waals surface area contributed by atoms with Gasteiger partial charge in [0.25, 0.3) is 0 Å². The highest BCUT2D eigenvalue weighted by Gasteiger charge is 2.31. The van der Waals surface area contributed by atoms with Crippen LogP contribution in [0.5, 0.6) is 5.75 Å². The largest absolute Gasteiger partial charge is 0.573 e. The molecule has 3 rings (SSSR count). The molecule has 0 amide bonds. The molecule has 1 aromatic carbocycles. The number of nitrogens with two attached hydrogens (primary N) is 1. The van der Waals surface area contributed by atoms with Crippen molar-refractivity contribution >= 4 is 28.1 Å². The Kier molecular flexibility index (Phi) is 5.13. The molecular weight excluding hydrogens is 375 g/mol. The third-order valence-corrected chi connectivity index (χ3v) is 5.22. The summed E-state index contributed by atoms with van der Waals surface area (Å²) in [4.78, 5) is 7.52. The lowest BCUT2D eigenvalue weighted by Gasteiger charge is -2.20. The number of anilines is 1. The van der Waals surface area contributed by atoms with Crippen molar-refractivity contribution in [3.63, 3.8) is 0 Å². The number of hydrogen-bond acceptors (Lipinski definition) is 5. The second-order valence-electron chi connectivity index (χ2n) is 6.01. The first-order valence-electron chi connectivity index (χ1n) is 7.77. The maximum Gasteiger partial charge on any atom is 0.573 e. The number of alkyl halides is 3. The van der Waals surface area contributed by atoms with E-state index in [1.54, 1.807) is 6.07 Å². The summed E-state index contributed by atoms with van der Waals surface area (Å²) in [5.74, 6) is -0.373. The number of aromatic nitrogens is 1. The second-order valence-corrected chi connectivity index (χ2v) is 7.56. The first kappa shape index (κ1) is 18.3. The van der Waals surface area contributed by atoms with Gasteiger partial charge >= 0.3 is 6.36 Å². The highest BCUT2D eigenvalue weighted by molar-refractivity contribution is 7.15. The van der Waals surface area contributed by atoms with Crippen molar-refractivity contribution in [3.05, 3.63) is 28.1 Å². The molecule has 136 valence electrons. The van der Waals surface area contributed by atoms with Gasteiger partial charge in [-0.25, -0.2) is 4.98 Å².